The zero-order valence-electron chi connectivity index (χ0n) is 18.3. The summed E-state index contributed by atoms with van der Waals surface area (Å²) in [6.45, 7) is 2.26. The van der Waals surface area contributed by atoms with E-state index in [9.17, 15) is 14.0 Å². The first-order valence-electron chi connectivity index (χ1n) is 10.7. The Morgan fingerprint density at radius 3 is 2.36 bits per heavy atom. The van der Waals surface area contributed by atoms with E-state index >= 15 is 0 Å². The van der Waals surface area contributed by atoms with Gasteiger partial charge in [0.15, 0.2) is 6.61 Å². The number of ether oxygens (including phenoxy) is 1. The van der Waals surface area contributed by atoms with Crippen LogP contribution in [-0.2, 0) is 22.6 Å². The third-order valence-corrected chi connectivity index (χ3v) is 5.53. The summed E-state index contributed by atoms with van der Waals surface area (Å²) in [5.41, 5.74) is 1.82. The molecule has 0 heterocycles. The van der Waals surface area contributed by atoms with Crippen LogP contribution in [0.15, 0.2) is 83.3 Å². The normalized spacial score (nSPS) is 11.5. The molecule has 3 rings (SSSR count). The Morgan fingerprint density at radius 1 is 1.00 bits per heavy atom. The van der Waals surface area contributed by atoms with Crippen LogP contribution in [0.4, 0.5) is 4.39 Å². The summed E-state index contributed by atoms with van der Waals surface area (Å²) in [5.74, 6) is -0.577. The molecule has 1 N–H and O–H groups in total. The summed E-state index contributed by atoms with van der Waals surface area (Å²) >= 11 is 3.46. The third-order valence-electron chi connectivity index (χ3n) is 5.04. The fourth-order valence-electron chi connectivity index (χ4n) is 3.44. The summed E-state index contributed by atoms with van der Waals surface area (Å²) in [5, 5.41) is 2.85. The Morgan fingerprint density at radius 2 is 1.70 bits per heavy atom. The van der Waals surface area contributed by atoms with E-state index in [4.69, 9.17) is 4.74 Å². The van der Waals surface area contributed by atoms with Gasteiger partial charge in [0.25, 0.3) is 5.91 Å². The summed E-state index contributed by atoms with van der Waals surface area (Å²) in [6.07, 6.45) is 0.364. The summed E-state index contributed by atoms with van der Waals surface area (Å²) in [7, 11) is 0. The number of hydrogen-bond donors (Lipinski definition) is 1. The molecule has 5 nitrogen and oxygen atoms in total. The molecule has 0 aromatic heterocycles. The second kappa shape index (κ2) is 12.2. The number of carbonyl (C=O) groups is 2. The van der Waals surface area contributed by atoms with Crippen molar-refractivity contribution in [1.82, 2.24) is 10.2 Å². The quantitative estimate of drug-likeness (QED) is 0.426. The number of carbonyl (C=O) groups excluding carboxylic acids is 2. The molecule has 33 heavy (non-hydrogen) atoms. The molecule has 2 amide bonds. The smallest absolute Gasteiger partial charge is 0.261 e. The van der Waals surface area contributed by atoms with Crippen molar-refractivity contribution in [3.8, 4) is 5.75 Å². The molecular weight excluding hydrogens is 487 g/mol. The van der Waals surface area contributed by atoms with Gasteiger partial charge >= 0.3 is 0 Å². The SMILES string of the molecule is CCNC(=O)[C@H](Cc1ccccc1)N(Cc1cccc(Br)c1)C(=O)COc1ccc(F)cc1. The number of likely N-dealkylation sites (N-methyl/N-ethyl adjacent to an activating group) is 1. The van der Waals surface area contributed by atoms with E-state index in [1.165, 1.54) is 24.3 Å². The molecule has 1 atom stereocenters. The Labute approximate surface area is 201 Å². The van der Waals surface area contributed by atoms with Gasteiger partial charge in [-0.25, -0.2) is 4.39 Å². The van der Waals surface area contributed by atoms with E-state index in [1.54, 1.807) is 4.90 Å². The summed E-state index contributed by atoms with van der Waals surface area (Å²) < 4.78 is 19.7. The minimum atomic E-state index is -0.726. The monoisotopic (exact) mass is 512 g/mol. The fourth-order valence-corrected chi connectivity index (χ4v) is 3.88. The van der Waals surface area contributed by atoms with Crippen LogP contribution in [0, 0.1) is 5.82 Å². The van der Waals surface area contributed by atoms with Crippen LogP contribution < -0.4 is 10.1 Å². The molecule has 0 aliphatic rings. The van der Waals surface area contributed by atoms with E-state index < -0.39 is 6.04 Å². The van der Waals surface area contributed by atoms with Crippen LogP contribution >= 0.6 is 15.9 Å². The van der Waals surface area contributed by atoms with E-state index in [2.05, 4.69) is 21.2 Å². The predicted molar refractivity (Wildman–Crippen MR) is 129 cm³/mol. The number of amides is 2. The average molecular weight is 513 g/mol. The summed E-state index contributed by atoms with van der Waals surface area (Å²) in [4.78, 5) is 28.0. The van der Waals surface area contributed by atoms with Gasteiger partial charge in [-0.2, -0.15) is 0 Å². The van der Waals surface area contributed by atoms with Crippen molar-refractivity contribution in [1.29, 1.82) is 0 Å². The molecule has 0 aliphatic heterocycles. The lowest BCUT2D eigenvalue weighted by molar-refractivity contribution is -0.142. The molecule has 0 saturated heterocycles. The predicted octanol–water partition coefficient (Wildman–Crippen LogP) is 4.74. The van der Waals surface area contributed by atoms with Crippen LogP contribution in [0.3, 0.4) is 0 Å². The zero-order chi connectivity index (χ0) is 23.6. The van der Waals surface area contributed by atoms with Gasteiger partial charge in [-0.3, -0.25) is 9.59 Å². The Kier molecular flexibility index (Phi) is 9.01. The van der Waals surface area contributed by atoms with Gasteiger partial charge in [0.05, 0.1) is 0 Å². The van der Waals surface area contributed by atoms with E-state index in [-0.39, 0.29) is 30.8 Å². The van der Waals surface area contributed by atoms with Gasteiger partial charge in [0, 0.05) is 24.0 Å². The first-order valence-corrected chi connectivity index (χ1v) is 11.5. The molecule has 0 aliphatic carbocycles. The fraction of sp³-hybridized carbons (Fsp3) is 0.231. The highest BCUT2D eigenvalue weighted by molar-refractivity contribution is 9.10. The van der Waals surface area contributed by atoms with E-state index in [1.807, 2.05) is 61.5 Å². The van der Waals surface area contributed by atoms with E-state index in [0.29, 0.717) is 18.7 Å². The van der Waals surface area contributed by atoms with Crippen molar-refractivity contribution in [3.63, 3.8) is 0 Å². The lowest BCUT2D eigenvalue weighted by Gasteiger charge is -2.31. The van der Waals surface area contributed by atoms with Crippen LogP contribution in [0.5, 0.6) is 5.75 Å². The van der Waals surface area contributed by atoms with Gasteiger partial charge in [0.1, 0.15) is 17.6 Å². The second-order valence-electron chi connectivity index (χ2n) is 7.49. The molecule has 0 spiro atoms. The van der Waals surface area contributed by atoms with Crippen molar-refractivity contribution in [3.05, 3.63) is 100 Å². The second-order valence-corrected chi connectivity index (χ2v) is 8.41. The van der Waals surface area contributed by atoms with Crippen molar-refractivity contribution in [2.45, 2.75) is 25.9 Å². The minimum absolute atomic E-state index is 0.230. The van der Waals surface area contributed by atoms with Gasteiger partial charge in [-0.1, -0.05) is 58.4 Å². The van der Waals surface area contributed by atoms with Crippen LogP contribution in [0.25, 0.3) is 0 Å². The Balaban J connectivity index is 1.88. The zero-order valence-corrected chi connectivity index (χ0v) is 19.9. The minimum Gasteiger partial charge on any atom is -0.484 e. The highest BCUT2D eigenvalue weighted by atomic mass is 79.9. The maximum atomic E-state index is 13.3. The highest BCUT2D eigenvalue weighted by Crippen LogP contribution is 2.18. The van der Waals surface area contributed by atoms with Crippen LogP contribution in [-0.4, -0.2) is 35.9 Å². The lowest BCUT2D eigenvalue weighted by Crippen LogP contribution is -2.51. The average Bonchev–Trinajstić information content (AvgIpc) is 2.81. The molecule has 3 aromatic rings. The summed E-state index contributed by atoms with van der Waals surface area (Å²) in [6, 6.07) is 21.9. The van der Waals surface area contributed by atoms with E-state index in [0.717, 1.165) is 15.6 Å². The third kappa shape index (κ3) is 7.43. The van der Waals surface area contributed by atoms with Crippen molar-refractivity contribution < 1.29 is 18.7 Å². The maximum Gasteiger partial charge on any atom is 0.261 e. The largest absolute Gasteiger partial charge is 0.484 e. The van der Waals surface area contributed by atoms with Gasteiger partial charge < -0.3 is 15.0 Å². The molecular formula is C26H26BrFN2O3. The molecule has 3 aromatic carbocycles. The standard InChI is InChI=1S/C26H26BrFN2O3/c1-2-29-26(32)24(16-19-7-4-3-5-8-19)30(17-20-9-6-10-21(27)15-20)25(31)18-33-23-13-11-22(28)12-14-23/h3-15,24H,2,16-18H2,1H3,(H,29,32)/t24-/m0/s1. The number of benzene rings is 3. The van der Waals surface area contributed by atoms with Gasteiger partial charge in [0.2, 0.25) is 5.91 Å². The Hall–Kier alpha value is -3.19. The molecule has 0 radical (unpaired) electrons. The topological polar surface area (TPSA) is 58.6 Å². The highest BCUT2D eigenvalue weighted by Gasteiger charge is 2.30. The van der Waals surface area contributed by atoms with Crippen LogP contribution in [0.1, 0.15) is 18.1 Å². The van der Waals surface area contributed by atoms with Crippen molar-refractivity contribution in [2.75, 3.05) is 13.2 Å². The number of nitrogens with one attached hydrogen (secondary N) is 1. The molecule has 0 bridgehead atoms. The first-order chi connectivity index (χ1) is 16.0. The Bertz CT molecular complexity index is 1060. The molecule has 0 saturated carbocycles. The van der Waals surface area contributed by atoms with Crippen LogP contribution in [0.2, 0.25) is 0 Å². The number of nitrogens with zero attached hydrogens (tertiary/aromatic N) is 1. The number of rotatable bonds is 10. The molecule has 172 valence electrons. The van der Waals surface area contributed by atoms with Gasteiger partial charge in [-0.15, -0.1) is 0 Å². The molecule has 0 unspecified atom stereocenters. The first kappa shape index (κ1) is 24.5. The van der Waals surface area contributed by atoms with Crippen molar-refractivity contribution in [2.24, 2.45) is 0 Å². The molecule has 0 fully saturated rings. The molecule has 7 heteroatoms. The van der Waals surface area contributed by atoms with Crippen molar-refractivity contribution >= 4 is 27.7 Å². The number of hydrogen-bond acceptors (Lipinski definition) is 3. The maximum absolute atomic E-state index is 13.3. The lowest BCUT2D eigenvalue weighted by atomic mass is 10.0. The number of halogens is 2. The van der Waals surface area contributed by atoms with Gasteiger partial charge in [-0.05, 0) is 54.4 Å².